The first-order valence-electron chi connectivity index (χ1n) is 12.5. The molecular formula is C28H26F6O8. The maximum Gasteiger partial charge on any atom is 0.430 e. The van der Waals surface area contributed by atoms with Gasteiger partial charge < -0.3 is 29.5 Å². The quantitative estimate of drug-likeness (QED) is 0.334. The Balaban J connectivity index is 0.000000231. The molecule has 228 valence electrons. The summed E-state index contributed by atoms with van der Waals surface area (Å²) in [5, 5.41) is 27.5. The van der Waals surface area contributed by atoms with Crippen molar-refractivity contribution in [2.75, 3.05) is 6.61 Å². The van der Waals surface area contributed by atoms with E-state index in [9.17, 15) is 41.0 Å². The van der Waals surface area contributed by atoms with E-state index in [0.29, 0.717) is 36.3 Å². The van der Waals surface area contributed by atoms with E-state index in [4.69, 9.17) is 24.4 Å². The van der Waals surface area contributed by atoms with Gasteiger partial charge in [0.05, 0.1) is 17.8 Å². The van der Waals surface area contributed by atoms with Crippen LogP contribution in [0.2, 0.25) is 0 Å². The van der Waals surface area contributed by atoms with Gasteiger partial charge in [0.25, 0.3) is 0 Å². The van der Waals surface area contributed by atoms with Crippen LogP contribution in [0.5, 0.6) is 23.0 Å². The molecule has 2 aromatic carbocycles. The number of carboxylic acid groups (broad SMARTS) is 2. The molecule has 2 aromatic rings. The number of fused-ring (bicyclic) bond motifs is 2. The molecule has 8 nitrogen and oxygen atoms in total. The van der Waals surface area contributed by atoms with Gasteiger partial charge in [0.2, 0.25) is 12.2 Å². The second-order valence-corrected chi connectivity index (χ2v) is 9.05. The molecule has 3 N–H and O–H groups in total. The fourth-order valence-electron chi connectivity index (χ4n) is 4.24. The van der Waals surface area contributed by atoms with E-state index in [1.54, 1.807) is 19.9 Å². The van der Waals surface area contributed by atoms with Gasteiger partial charge in [0.1, 0.15) is 23.0 Å². The number of hydrogen-bond donors (Lipinski definition) is 3. The van der Waals surface area contributed by atoms with Crippen LogP contribution in [-0.2, 0) is 22.4 Å². The van der Waals surface area contributed by atoms with Crippen LogP contribution >= 0.6 is 0 Å². The number of aliphatic carboxylic acids is 2. The number of aryl methyl sites for hydroxylation is 2. The Morgan fingerprint density at radius 2 is 1.19 bits per heavy atom. The predicted octanol–water partition coefficient (Wildman–Crippen LogP) is 6.18. The summed E-state index contributed by atoms with van der Waals surface area (Å²) in [6.45, 7) is 5.76. The molecule has 4 rings (SSSR count). The Morgan fingerprint density at radius 1 is 0.762 bits per heavy atom. The van der Waals surface area contributed by atoms with Crippen molar-refractivity contribution < 1.29 is 65.5 Å². The van der Waals surface area contributed by atoms with Gasteiger partial charge in [-0.05, 0) is 55.2 Å². The number of rotatable bonds is 6. The van der Waals surface area contributed by atoms with Crippen molar-refractivity contribution >= 4 is 24.1 Å². The Labute approximate surface area is 235 Å². The summed E-state index contributed by atoms with van der Waals surface area (Å²) in [6, 6.07) is 5.46. The maximum absolute atomic E-state index is 13.0. The van der Waals surface area contributed by atoms with Crippen molar-refractivity contribution in [1.82, 2.24) is 0 Å². The van der Waals surface area contributed by atoms with E-state index < -0.39 is 47.6 Å². The van der Waals surface area contributed by atoms with Crippen LogP contribution in [0.15, 0.2) is 35.4 Å². The molecule has 2 aliphatic rings. The zero-order chi connectivity index (χ0) is 31.6. The van der Waals surface area contributed by atoms with Crippen LogP contribution in [0.25, 0.3) is 12.2 Å². The van der Waals surface area contributed by atoms with Crippen molar-refractivity contribution in [3.63, 3.8) is 0 Å². The van der Waals surface area contributed by atoms with Crippen molar-refractivity contribution in [2.45, 2.75) is 58.2 Å². The third-order valence-corrected chi connectivity index (χ3v) is 6.23. The number of phenolic OH excluding ortho intramolecular Hbond substituents is 1. The topological polar surface area (TPSA) is 123 Å². The van der Waals surface area contributed by atoms with E-state index >= 15 is 0 Å². The van der Waals surface area contributed by atoms with Crippen molar-refractivity contribution in [1.29, 1.82) is 0 Å². The van der Waals surface area contributed by atoms with E-state index in [0.717, 1.165) is 23.8 Å². The van der Waals surface area contributed by atoms with Gasteiger partial charge in [-0.3, -0.25) is 0 Å². The van der Waals surface area contributed by atoms with Gasteiger partial charge in [-0.25, -0.2) is 9.59 Å². The van der Waals surface area contributed by atoms with Gasteiger partial charge in [0, 0.05) is 23.3 Å². The summed E-state index contributed by atoms with van der Waals surface area (Å²) in [4.78, 5) is 22.0. The molecule has 2 unspecified atom stereocenters. The number of aromatic hydroxyl groups is 1. The lowest BCUT2D eigenvalue weighted by atomic mass is 9.98. The molecule has 0 aliphatic carbocycles. The van der Waals surface area contributed by atoms with Gasteiger partial charge in [0.15, 0.2) is 0 Å². The molecule has 0 amide bonds. The summed E-state index contributed by atoms with van der Waals surface area (Å²) in [6.07, 6.45) is -11.7. The summed E-state index contributed by atoms with van der Waals surface area (Å²) < 4.78 is 92.3. The Hall–Kier alpha value is -4.36. The summed E-state index contributed by atoms with van der Waals surface area (Å²) in [5.74, 6) is -3.31. The number of carboxylic acids is 2. The number of hydrogen-bond acceptors (Lipinski definition) is 6. The van der Waals surface area contributed by atoms with Gasteiger partial charge >= 0.3 is 24.3 Å². The standard InChI is InChI=1S/C15H15F3O4.C13H11F3O4/c1-3-8-5-9-6-10(14(19)20)13(15(16,17)18)22-12(9)7-11(8)21-4-2;1-2-6-3-7-4-8(12(18)19)11(13(14,15)16)20-10(7)5-9(6)17/h5-7,13H,3-4H2,1-2H3,(H,19,20);3-5,11,17H,2H2,1H3,(H,18,19). The number of benzene rings is 2. The maximum atomic E-state index is 13.0. The third-order valence-electron chi connectivity index (χ3n) is 6.23. The van der Waals surface area contributed by atoms with Crippen molar-refractivity contribution in [3.8, 4) is 23.0 Å². The van der Waals surface area contributed by atoms with Crippen LogP contribution in [0.3, 0.4) is 0 Å². The smallest absolute Gasteiger partial charge is 0.430 e. The predicted molar refractivity (Wildman–Crippen MR) is 137 cm³/mol. The Morgan fingerprint density at radius 3 is 1.57 bits per heavy atom. The molecule has 0 bridgehead atoms. The highest BCUT2D eigenvalue weighted by molar-refractivity contribution is 5.95. The number of carbonyl (C=O) groups is 2. The van der Waals surface area contributed by atoms with Crippen LogP contribution in [0.1, 0.15) is 43.0 Å². The first-order chi connectivity index (χ1) is 19.5. The van der Waals surface area contributed by atoms with Crippen LogP contribution < -0.4 is 14.2 Å². The Kier molecular flexibility index (Phi) is 9.38. The van der Waals surface area contributed by atoms with Gasteiger partial charge in [-0.1, -0.05) is 13.8 Å². The highest BCUT2D eigenvalue weighted by atomic mass is 19.4. The molecule has 0 saturated carbocycles. The lowest BCUT2D eigenvalue weighted by Gasteiger charge is -2.27. The number of ether oxygens (including phenoxy) is 3. The fraction of sp³-hybridized carbons (Fsp3) is 0.357. The molecule has 14 heteroatoms. The zero-order valence-corrected chi connectivity index (χ0v) is 22.4. The second kappa shape index (κ2) is 12.2. The van der Waals surface area contributed by atoms with E-state index in [1.807, 2.05) is 6.92 Å². The average molecular weight is 604 g/mol. The van der Waals surface area contributed by atoms with Crippen LogP contribution in [0, 0.1) is 0 Å². The zero-order valence-electron chi connectivity index (χ0n) is 22.4. The second-order valence-electron chi connectivity index (χ2n) is 9.05. The molecule has 0 radical (unpaired) electrons. The largest absolute Gasteiger partial charge is 0.508 e. The van der Waals surface area contributed by atoms with Crippen LogP contribution in [-0.4, -0.2) is 58.4 Å². The molecule has 0 aromatic heterocycles. The third kappa shape index (κ3) is 6.92. The first kappa shape index (κ1) is 32.2. The normalized spacial score (nSPS) is 17.6. The summed E-state index contributed by atoms with van der Waals surface area (Å²) >= 11 is 0. The molecule has 0 fully saturated rings. The molecule has 0 spiro atoms. The molecular weight excluding hydrogens is 578 g/mol. The minimum absolute atomic E-state index is 0.0343. The lowest BCUT2D eigenvalue weighted by Crippen LogP contribution is -2.40. The van der Waals surface area contributed by atoms with Crippen molar-refractivity contribution in [3.05, 3.63) is 57.7 Å². The van der Waals surface area contributed by atoms with Gasteiger partial charge in [-0.2, -0.15) is 26.3 Å². The minimum Gasteiger partial charge on any atom is -0.508 e. The van der Waals surface area contributed by atoms with Crippen LogP contribution in [0.4, 0.5) is 26.3 Å². The first-order valence-corrected chi connectivity index (χ1v) is 12.5. The van der Waals surface area contributed by atoms with Crippen molar-refractivity contribution in [2.24, 2.45) is 0 Å². The molecule has 2 atom stereocenters. The monoisotopic (exact) mass is 604 g/mol. The number of halogens is 6. The lowest BCUT2D eigenvalue weighted by molar-refractivity contribution is -0.187. The van der Waals surface area contributed by atoms with E-state index in [2.05, 4.69) is 0 Å². The minimum atomic E-state index is -4.85. The summed E-state index contributed by atoms with van der Waals surface area (Å²) in [7, 11) is 0. The van der Waals surface area contributed by atoms with E-state index in [1.165, 1.54) is 12.1 Å². The Bertz CT molecular complexity index is 1420. The number of phenols is 1. The molecule has 2 heterocycles. The highest BCUT2D eigenvalue weighted by Gasteiger charge is 2.49. The molecule has 0 saturated heterocycles. The van der Waals surface area contributed by atoms with E-state index in [-0.39, 0.29) is 22.8 Å². The highest BCUT2D eigenvalue weighted by Crippen LogP contribution is 2.41. The molecule has 42 heavy (non-hydrogen) atoms. The SMILES string of the molecule is CCOc1cc2c(cc1CC)C=C(C(=O)O)C(C(F)(F)F)O2.CCc1cc2c(cc1O)OC(C(F)(F)F)C(C(=O)O)=C2. The van der Waals surface area contributed by atoms with Gasteiger partial charge in [-0.15, -0.1) is 0 Å². The summed E-state index contributed by atoms with van der Waals surface area (Å²) in [5.41, 5.74) is 0.0779. The average Bonchev–Trinajstić information content (AvgIpc) is 2.90. The number of alkyl halides is 6. The fourth-order valence-corrected chi connectivity index (χ4v) is 4.24. The molecule has 2 aliphatic heterocycles.